The number of thiazole rings is 1. The Bertz CT molecular complexity index is 1180. The number of amides is 1. The molecule has 0 unspecified atom stereocenters. The fourth-order valence-corrected chi connectivity index (χ4v) is 4.15. The Morgan fingerprint density at radius 2 is 2.00 bits per heavy atom. The molecule has 8 nitrogen and oxygen atoms in total. The quantitative estimate of drug-likeness (QED) is 0.599. The summed E-state index contributed by atoms with van der Waals surface area (Å²) in [5.74, 6) is -0.760. The minimum absolute atomic E-state index is 0.0699. The SMILES string of the molecule is Cc1sc(N(CCc2cccnc2)c2ccc(C#N)cc2)nc1C(=O)NS(C)(=O)=O. The highest BCUT2D eigenvalue weighted by molar-refractivity contribution is 7.89. The lowest BCUT2D eigenvalue weighted by Gasteiger charge is -2.22. The zero-order valence-electron chi connectivity index (χ0n) is 16.4. The molecule has 0 aliphatic carbocycles. The number of nitrogens with one attached hydrogen (secondary N) is 1. The van der Waals surface area contributed by atoms with Crippen molar-refractivity contribution >= 4 is 38.1 Å². The van der Waals surface area contributed by atoms with Crippen molar-refractivity contribution in [1.82, 2.24) is 14.7 Å². The van der Waals surface area contributed by atoms with Crippen molar-refractivity contribution in [2.45, 2.75) is 13.3 Å². The number of hydrogen-bond donors (Lipinski definition) is 1. The Morgan fingerprint density at radius 1 is 1.27 bits per heavy atom. The van der Waals surface area contributed by atoms with E-state index in [9.17, 15) is 13.2 Å². The van der Waals surface area contributed by atoms with E-state index >= 15 is 0 Å². The number of carbonyl (C=O) groups excluding carboxylic acids is 1. The molecule has 0 aliphatic heterocycles. The van der Waals surface area contributed by atoms with Crippen LogP contribution < -0.4 is 9.62 Å². The van der Waals surface area contributed by atoms with Crippen LogP contribution in [-0.2, 0) is 16.4 Å². The van der Waals surface area contributed by atoms with Crippen LogP contribution in [0.25, 0.3) is 0 Å². The summed E-state index contributed by atoms with van der Waals surface area (Å²) in [7, 11) is -3.69. The van der Waals surface area contributed by atoms with E-state index in [1.165, 1.54) is 11.3 Å². The van der Waals surface area contributed by atoms with Crippen molar-refractivity contribution in [3.63, 3.8) is 0 Å². The molecule has 1 N–H and O–H groups in total. The average Bonchev–Trinajstić information content (AvgIpc) is 3.10. The predicted molar refractivity (Wildman–Crippen MR) is 115 cm³/mol. The third kappa shape index (κ3) is 5.40. The lowest BCUT2D eigenvalue weighted by molar-refractivity contribution is 0.0977. The molecule has 0 aliphatic rings. The average molecular weight is 442 g/mol. The van der Waals surface area contributed by atoms with Crippen molar-refractivity contribution < 1.29 is 13.2 Å². The first-order valence-electron chi connectivity index (χ1n) is 8.93. The summed E-state index contributed by atoms with van der Waals surface area (Å²) in [6.45, 7) is 2.27. The maximum absolute atomic E-state index is 12.3. The van der Waals surface area contributed by atoms with Gasteiger partial charge in [-0.1, -0.05) is 6.07 Å². The van der Waals surface area contributed by atoms with Gasteiger partial charge in [0, 0.05) is 29.5 Å². The van der Waals surface area contributed by atoms with Gasteiger partial charge in [-0.3, -0.25) is 9.78 Å². The number of aromatic nitrogens is 2. The van der Waals surface area contributed by atoms with E-state index in [-0.39, 0.29) is 5.69 Å². The molecular formula is C20H19N5O3S2. The van der Waals surface area contributed by atoms with Crippen LogP contribution in [0, 0.1) is 18.3 Å². The smallest absolute Gasteiger partial charge is 0.284 e. The van der Waals surface area contributed by atoms with Gasteiger partial charge in [-0.05, 0) is 49.2 Å². The molecule has 0 atom stereocenters. The van der Waals surface area contributed by atoms with E-state index in [0.29, 0.717) is 28.5 Å². The van der Waals surface area contributed by atoms with Crippen molar-refractivity contribution in [1.29, 1.82) is 5.26 Å². The third-order valence-electron chi connectivity index (χ3n) is 4.16. The van der Waals surface area contributed by atoms with Crippen LogP contribution in [0.3, 0.4) is 0 Å². The molecule has 3 aromatic rings. The normalized spacial score (nSPS) is 11.0. The summed E-state index contributed by atoms with van der Waals surface area (Å²) in [6, 6.07) is 13.0. The number of anilines is 2. The van der Waals surface area contributed by atoms with Crippen LogP contribution in [0.2, 0.25) is 0 Å². The third-order valence-corrected chi connectivity index (χ3v) is 5.71. The zero-order valence-corrected chi connectivity index (χ0v) is 18.0. The fourth-order valence-electron chi connectivity index (χ4n) is 2.76. The molecule has 0 fully saturated rings. The molecule has 1 amide bonds. The molecule has 2 heterocycles. The van der Waals surface area contributed by atoms with E-state index in [0.717, 1.165) is 17.5 Å². The summed E-state index contributed by atoms with van der Waals surface area (Å²) < 4.78 is 24.8. The topological polar surface area (TPSA) is 116 Å². The van der Waals surface area contributed by atoms with E-state index in [1.54, 1.807) is 31.5 Å². The number of rotatable bonds is 7. The minimum atomic E-state index is -3.69. The number of nitrogens with zero attached hydrogens (tertiary/aromatic N) is 4. The van der Waals surface area contributed by atoms with Gasteiger partial charge < -0.3 is 4.90 Å². The predicted octanol–water partition coefficient (Wildman–Crippen LogP) is 2.79. The van der Waals surface area contributed by atoms with Crippen LogP contribution in [0.1, 0.15) is 26.5 Å². The second kappa shape index (κ2) is 9.02. The van der Waals surface area contributed by atoms with Crippen molar-refractivity contribution in [3.8, 4) is 6.07 Å². The summed E-state index contributed by atoms with van der Waals surface area (Å²) in [5, 5.41) is 9.61. The van der Waals surface area contributed by atoms with Gasteiger partial charge in [0.15, 0.2) is 5.13 Å². The summed E-state index contributed by atoms with van der Waals surface area (Å²) in [6.07, 6.45) is 5.09. The standard InChI is InChI=1S/C20H19N5O3S2/c1-14-18(19(26)24-30(2,27)28)23-20(29-14)25(11-9-16-4-3-10-22-13-16)17-7-5-15(12-21)6-8-17/h3-8,10,13H,9,11H2,1-2H3,(H,24,26). The molecule has 3 rings (SSSR count). The highest BCUT2D eigenvalue weighted by Crippen LogP contribution is 2.32. The summed E-state index contributed by atoms with van der Waals surface area (Å²) in [5.41, 5.74) is 2.45. The Hall–Kier alpha value is -3.29. The molecule has 30 heavy (non-hydrogen) atoms. The number of benzene rings is 1. The van der Waals surface area contributed by atoms with Crippen molar-refractivity contribution in [2.24, 2.45) is 0 Å². The highest BCUT2D eigenvalue weighted by atomic mass is 32.2. The van der Waals surface area contributed by atoms with Gasteiger partial charge in [-0.2, -0.15) is 5.26 Å². The van der Waals surface area contributed by atoms with Gasteiger partial charge in [0.05, 0.1) is 17.9 Å². The maximum atomic E-state index is 12.3. The molecule has 10 heteroatoms. The fraction of sp³-hybridized carbons (Fsp3) is 0.200. The molecule has 2 aromatic heterocycles. The Morgan fingerprint density at radius 3 is 2.60 bits per heavy atom. The van der Waals surface area contributed by atoms with Gasteiger partial charge in [0.25, 0.3) is 5.91 Å². The molecular weight excluding hydrogens is 422 g/mol. The lowest BCUT2D eigenvalue weighted by Crippen LogP contribution is -2.30. The van der Waals surface area contributed by atoms with Gasteiger partial charge in [0.1, 0.15) is 5.69 Å². The van der Waals surface area contributed by atoms with Crippen LogP contribution in [0.4, 0.5) is 10.8 Å². The zero-order chi connectivity index (χ0) is 21.7. The summed E-state index contributed by atoms with van der Waals surface area (Å²) >= 11 is 1.30. The molecule has 0 spiro atoms. The van der Waals surface area contributed by atoms with Gasteiger partial charge in [-0.25, -0.2) is 18.1 Å². The second-order valence-electron chi connectivity index (χ2n) is 6.53. The largest absolute Gasteiger partial charge is 0.317 e. The van der Waals surface area contributed by atoms with E-state index in [1.807, 2.05) is 33.9 Å². The van der Waals surface area contributed by atoms with Gasteiger partial charge in [-0.15, -0.1) is 11.3 Å². The van der Waals surface area contributed by atoms with Crippen LogP contribution in [0.5, 0.6) is 0 Å². The summed E-state index contributed by atoms with van der Waals surface area (Å²) in [4.78, 5) is 23.4. The van der Waals surface area contributed by atoms with Crippen molar-refractivity contribution in [2.75, 3.05) is 17.7 Å². The molecule has 0 radical (unpaired) electrons. The number of carbonyl (C=O) groups is 1. The number of aryl methyl sites for hydroxylation is 1. The first kappa shape index (κ1) is 21.4. The Kier molecular flexibility index (Phi) is 6.44. The molecule has 0 bridgehead atoms. The molecule has 0 saturated carbocycles. The first-order valence-corrected chi connectivity index (χ1v) is 11.6. The Labute approximate surface area is 178 Å². The number of hydrogen-bond acceptors (Lipinski definition) is 8. The van der Waals surface area contributed by atoms with E-state index in [2.05, 4.69) is 16.0 Å². The maximum Gasteiger partial charge on any atom is 0.284 e. The van der Waals surface area contributed by atoms with Crippen LogP contribution in [0.15, 0.2) is 48.8 Å². The van der Waals surface area contributed by atoms with Gasteiger partial charge in [0.2, 0.25) is 10.0 Å². The Balaban J connectivity index is 1.94. The van der Waals surface area contributed by atoms with Crippen LogP contribution in [-0.4, -0.2) is 37.1 Å². The van der Waals surface area contributed by atoms with Crippen LogP contribution >= 0.6 is 11.3 Å². The number of pyridine rings is 1. The molecule has 1 aromatic carbocycles. The molecule has 154 valence electrons. The minimum Gasteiger partial charge on any atom is -0.317 e. The first-order chi connectivity index (χ1) is 14.3. The molecule has 0 saturated heterocycles. The monoisotopic (exact) mass is 441 g/mol. The number of sulfonamides is 1. The highest BCUT2D eigenvalue weighted by Gasteiger charge is 2.22. The second-order valence-corrected chi connectivity index (χ2v) is 9.46. The number of nitriles is 1. The lowest BCUT2D eigenvalue weighted by atomic mass is 10.2. The van der Waals surface area contributed by atoms with Gasteiger partial charge >= 0.3 is 0 Å². The van der Waals surface area contributed by atoms with Crippen molar-refractivity contribution in [3.05, 3.63) is 70.5 Å². The van der Waals surface area contributed by atoms with E-state index < -0.39 is 15.9 Å². The van der Waals surface area contributed by atoms with E-state index in [4.69, 9.17) is 5.26 Å².